The van der Waals surface area contributed by atoms with Crippen molar-refractivity contribution < 1.29 is 19.4 Å². The van der Waals surface area contributed by atoms with Crippen molar-refractivity contribution in [2.24, 2.45) is 0 Å². The van der Waals surface area contributed by atoms with Gasteiger partial charge in [0.2, 0.25) is 0 Å². The van der Waals surface area contributed by atoms with Gasteiger partial charge < -0.3 is 14.6 Å². The van der Waals surface area contributed by atoms with Gasteiger partial charge in [-0.3, -0.25) is 4.90 Å². The van der Waals surface area contributed by atoms with E-state index in [2.05, 4.69) is 0 Å². The Bertz CT molecular complexity index is 294. The van der Waals surface area contributed by atoms with Gasteiger partial charge in [-0.25, -0.2) is 4.79 Å². The standard InChI is InChI=1S/C11H19NO4/c1-10(2)11(3,14)12(9(13)16-10)7-8-5-4-6-15-8/h8,14H,4-7H2,1-3H3/t8-,11+/m0/s1. The summed E-state index contributed by atoms with van der Waals surface area (Å²) in [7, 11) is 0. The van der Waals surface area contributed by atoms with Gasteiger partial charge in [0.05, 0.1) is 12.6 Å². The predicted octanol–water partition coefficient (Wildman–Crippen LogP) is 1.10. The number of nitrogens with zero attached hydrogens (tertiary/aromatic N) is 1. The van der Waals surface area contributed by atoms with E-state index in [4.69, 9.17) is 9.47 Å². The lowest BCUT2D eigenvalue weighted by Crippen LogP contribution is -2.55. The molecule has 2 fully saturated rings. The first kappa shape index (κ1) is 11.7. The molecule has 2 atom stereocenters. The van der Waals surface area contributed by atoms with E-state index in [9.17, 15) is 9.90 Å². The first-order valence-electron chi connectivity index (χ1n) is 5.69. The summed E-state index contributed by atoms with van der Waals surface area (Å²) >= 11 is 0. The van der Waals surface area contributed by atoms with Crippen LogP contribution in [0.2, 0.25) is 0 Å². The number of carbonyl (C=O) groups is 1. The van der Waals surface area contributed by atoms with E-state index in [0.29, 0.717) is 6.54 Å². The van der Waals surface area contributed by atoms with Gasteiger partial charge in [0, 0.05) is 6.61 Å². The fourth-order valence-electron chi connectivity index (χ4n) is 2.12. The van der Waals surface area contributed by atoms with Gasteiger partial charge in [0.15, 0.2) is 11.3 Å². The summed E-state index contributed by atoms with van der Waals surface area (Å²) in [6.45, 7) is 6.15. The van der Waals surface area contributed by atoms with E-state index in [1.165, 1.54) is 4.90 Å². The fourth-order valence-corrected chi connectivity index (χ4v) is 2.12. The molecule has 1 N–H and O–H groups in total. The summed E-state index contributed by atoms with van der Waals surface area (Å²) in [5.41, 5.74) is -2.17. The first-order chi connectivity index (χ1) is 7.34. The third-order valence-electron chi connectivity index (χ3n) is 3.64. The number of cyclic esters (lactones) is 1. The van der Waals surface area contributed by atoms with Gasteiger partial charge in [-0.15, -0.1) is 0 Å². The molecule has 0 bridgehead atoms. The second-order valence-electron chi connectivity index (χ2n) is 5.14. The smallest absolute Gasteiger partial charge is 0.412 e. The zero-order valence-corrected chi connectivity index (χ0v) is 10.0. The molecule has 16 heavy (non-hydrogen) atoms. The van der Waals surface area contributed by atoms with Gasteiger partial charge in [0.25, 0.3) is 0 Å². The second kappa shape index (κ2) is 3.60. The minimum atomic E-state index is -1.28. The maximum absolute atomic E-state index is 11.7. The Morgan fingerprint density at radius 3 is 2.62 bits per heavy atom. The molecular formula is C11H19NO4. The lowest BCUT2D eigenvalue weighted by molar-refractivity contribution is -0.133. The zero-order chi connectivity index (χ0) is 12.0. The normalized spacial score (nSPS) is 37.9. The quantitative estimate of drug-likeness (QED) is 0.770. The number of rotatable bonds is 2. The summed E-state index contributed by atoms with van der Waals surface area (Å²) in [6, 6.07) is 0. The van der Waals surface area contributed by atoms with Crippen molar-refractivity contribution in [2.75, 3.05) is 13.2 Å². The number of ether oxygens (including phenoxy) is 2. The lowest BCUT2D eigenvalue weighted by Gasteiger charge is -2.35. The SMILES string of the molecule is CC1(C)OC(=O)N(C[C@@H]2CCCO2)[C@]1(C)O. The molecule has 2 saturated heterocycles. The van der Waals surface area contributed by atoms with Crippen LogP contribution in [0.25, 0.3) is 0 Å². The molecular weight excluding hydrogens is 210 g/mol. The van der Waals surface area contributed by atoms with Gasteiger partial charge in [-0.1, -0.05) is 0 Å². The summed E-state index contributed by atoms with van der Waals surface area (Å²) in [6.07, 6.45) is 1.50. The molecule has 5 heteroatoms. The molecule has 2 aliphatic rings. The molecule has 0 aliphatic carbocycles. The molecule has 1 amide bonds. The molecule has 0 aromatic carbocycles. The van der Waals surface area contributed by atoms with E-state index >= 15 is 0 Å². The van der Waals surface area contributed by atoms with E-state index in [-0.39, 0.29) is 6.10 Å². The minimum absolute atomic E-state index is 0.0212. The third-order valence-corrected chi connectivity index (χ3v) is 3.64. The maximum Gasteiger partial charge on any atom is 0.412 e. The van der Waals surface area contributed by atoms with Crippen LogP contribution in [0.15, 0.2) is 0 Å². The van der Waals surface area contributed by atoms with Crippen LogP contribution < -0.4 is 0 Å². The van der Waals surface area contributed by atoms with Crippen LogP contribution in [-0.4, -0.2) is 46.7 Å². The number of carbonyl (C=O) groups excluding carboxylic acids is 1. The highest BCUT2D eigenvalue weighted by Crippen LogP contribution is 2.37. The number of hydrogen-bond acceptors (Lipinski definition) is 4. The molecule has 2 aliphatic heterocycles. The monoisotopic (exact) mass is 229 g/mol. The average Bonchev–Trinajstić information content (AvgIpc) is 2.68. The van der Waals surface area contributed by atoms with Crippen molar-refractivity contribution in [3.63, 3.8) is 0 Å². The average molecular weight is 229 g/mol. The molecule has 92 valence electrons. The van der Waals surface area contributed by atoms with E-state index in [1.807, 2.05) is 0 Å². The highest BCUT2D eigenvalue weighted by Gasteiger charge is 2.56. The van der Waals surface area contributed by atoms with Crippen molar-refractivity contribution >= 4 is 6.09 Å². The Morgan fingerprint density at radius 1 is 1.50 bits per heavy atom. The molecule has 2 rings (SSSR count). The van der Waals surface area contributed by atoms with Crippen molar-refractivity contribution in [1.29, 1.82) is 0 Å². The fraction of sp³-hybridized carbons (Fsp3) is 0.909. The topological polar surface area (TPSA) is 59.0 Å². The van der Waals surface area contributed by atoms with E-state index in [0.717, 1.165) is 19.4 Å². The molecule has 2 heterocycles. The number of aliphatic hydroxyl groups is 1. The predicted molar refractivity (Wildman–Crippen MR) is 56.9 cm³/mol. The largest absolute Gasteiger partial charge is 0.438 e. The second-order valence-corrected chi connectivity index (χ2v) is 5.14. The van der Waals surface area contributed by atoms with E-state index in [1.54, 1.807) is 20.8 Å². The molecule has 0 aromatic rings. The first-order valence-corrected chi connectivity index (χ1v) is 5.69. The van der Waals surface area contributed by atoms with Crippen LogP contribution in [0.4, 0.5) is 4.79 Å². The molecule has 5 nitrogen and oxygen atoms in total. The Labute approximate surface area is 95.3 Å². The molecule has 0 saturated carbocycles. The molecule has 0 aromatic heterocycles. The van der Waals surface area contributed by atoms with Gasteiger partial charge >= 0.3 is 6.09 Å². The van der Waals surface area contributed by atoms with Crippen LogP contribution in [0.5, 0.6) is 0 Å². The van der Waals surface area contributed by atoms with Gasteiger partial charge in [-0.2, -0.15) is 0 Å². The van der Waals surface area contributed by atoms with Gasteiger partial charge in [-0.05, 0) is 33.6 Å². The van der Waals surface area contributed by atoms with Crippen molar-refractivity contribution in [3.05, 3.63) is 0 Å². The zero-order valence-electron chi connectivity index (χ0n) is 10.0. The van der Waals surface area contributed by atoms with Crippen LogP contribution >= 0.6 is 0 Å². The summed E-state index contributed by atoms with van der Waals surface area (Å²) in [5.74, 6) is 0. The summed E-state index contributed by atoms with van der Waals surface area (Å²) in [5, 5.41) is 10.3. The lowest BCUT2D eigenvalue weighted by atomic mass is 9.95. The Hall–Kier alpha value is -0.810. The highest BCUT2D eigenvalue weighted by molar-refractivity contribution is 5.72. The number of amides is 1. The Morgan fingerprint density at radius 2 is 2.19 bits per heavy atom. The summed E-state index contributed by atoms with van der Waals surface area (Å²) in [4.78, 5) is 13.0. The Balaban J connectivity index is 2.11. The van der Waals surface area contributed by atoms with Crippen LogP contribution in [0.3, 0.4) is 0 Å². The van der Waals surface area contributed by atoms with Crippen molar-refractivity contribution in [2.45, 2.75) is 51.0 Å². The maximum atomic E-state index is 11.7. The molecule has 0 unspecified atom stereocenters. The van der Waals surface area contributed by atoms with Crippen molar-refractivity contribution in [3.8, 4) is 0 Å². The van der Waals surface area contributed by atoms with Crippen LogP contribution in [-0.2, 0) is 9.47 Å². The van der Waals surface area contributed by atoms with Crippen molar-refractivity contribution in [1.82, 2.24) is 4.90 Å². The molecule has 0 radical (unpaired) electrons. The third kappa shape index (κ3) is 1.68. The minimum Gasteiger partial charge on any atom is -0.438 e. The van der Waals surface area contributed by atoms with Gasteiger partial charge in [0.1, 0.15) is 0 Å². The van der Waals surface area contributed by atoms with Crippen LogP contribution in [0.1, 0.15) is 33.6 Å². The summed E-state index contributed by atoms with van der Waals surface area (Å²) < 4.78 is 10.6. The molecule has 0 spiro atoms. The van der Waals surface area contributed by atoms with E-state index < -0.39 is 17.4 Å². The highest BCUT2D eigenvalue weighted by atomic mass is 16.6. The van der Waals surface area contributed by atoms with Crippen LogP contribution in [0, 0.1) is 0 Å². The Kier molecular flexibility index (Phi) is 2.62. The number of hydrogen-bond donors (Lipinski definition) is 1.